The maximum atomic E-state index is 6.08. The number of hydrogen-bond acceptors (Lipinski definition) is 3. The van der Waals surface area contributed by atoms with E-state index in [9.17, 15) is 0 Å². The van der Waals surface area contributed by atoms with Crippen LogP contribution in [0.25, 0.3) is 11.0 Å². The van der Waals surface area contributed by atoms with Crippen LogP contribution in [0.1, 0.15) is 22.8 Å². The van der Waals surface area contributed by atoms with Gasteiger partial charge in [-0.15, -0.1) is 0 Å². The number of aromatic nitrogens is 2. The third kappa shape index (κ3) is 2.27. The zero-order valence-corrected chi connectivity index (χ0v) is 11.9. The van der Waals surface area contributed by atoms with Crippen LogP contribution in [-0.4, -0.2) is 9.97 Å². The molecule has 2 heterocycles. The molecule has 0 fully saturated rings. The lowest BCUT2D eigenvalue weighted by atomic mass is 9.91. The van der Waals surface area contributed by atoms with Crippen molar-refractivity contribution in [2.45, 2.75) is 5.92 Å². The maximum absolute atomic E-state index is 6.08. The Morgan fingerprint density at radius 2 is 1.50 bits per heavy atom. The molecule has 0 bridgehead atoms. The smallest absolute Gasteiger partial charge is 0.134 e. The molecule has 0 aliphatic carbocycles. The van der Waals surface area contributed by atoms with Crippen LogP contribution in [0.5, 0.6) is 0 Å². The molecule has 0 N–H and O–H groups in total. The van der Waals surface area contributed by atoms with Gasteiger partial charge < -0.3 is 4.42 Å². The zero-order chi connectivity index (χ0) is 14.8. The molecule has 0 saturated carbocycles. The van der Waals surface area contributed by atoms with Gasteiger partial charge in [0.2, 0.25) is 0 Å². The van der Waals surface area contributed by atoms with E-state index in [0.29, 0.717) is 0 Å². The molecule has 0 aliphatic rings. The van der Waals surface area contributed by atoms with Gasteiger partial charge in [0.05, 0.1) is 5.92 Å². The van der Waals surface area contributed by atoms with Gasteiger partial charge in [0.1, 0.15) is 17.7 Å². The second-order valence-corrected chi connectivity index (χ2v) is 5.20. The molecule has 1 unspecified atom stereocenters. The van der Waals surface area contributed by atoms with Crippen LogP contribution < -0.4 is 0 Å². The van der Waals surface area contributed by atoms with E-state index in [4.69, 9.17) is 4.42 Å². The normalized spacial score (nSPS) is 12.4. The summed E-state index contributed by atoms with van der Waals surface area (Å²) in [5.74, 6) is 0.900. The second-order valence-electron chi connectivity index (χ2n) is 5.20. The standard InChI is InChI=1S/C19H14N2O/c1-2-6-14(7-3-1)19(16-11-20-13-21-12-16)18-10-15-8-4-5-9-17(15)22-18/h1-13,19H. The average molecular weight is 286 g/mol. The highest BCUT2D eigenvalue weighted by atomic mass is 16.3. The van der Waals surface area contributed by atoms with E-state index in [2.05, 4.69) is 34.2 Å². The minimum atomic E-state index is -0.00481. The summed E-state index contributed by atoms with van der Waals surface area (Å²) >= 11 is 0. The van der Waals surface area contributed by atoms with E-state index < -0.39 is 0 Å². The van der Waals surface area contributed by atoms with Crippen molar-refractivity contribution in [2.75, 3.05) is 0 Å². The first-order chi connectivity index (χ1) is 10.9. The second kappa shape index (κ2) is 5.45. The molecular weight excluding hydrogens is 272 g/mol. The first kappa shape index (κ1) is 12.8. The molecule has 0 aliphatic heterocycles. The van der Waals surface area contributed by atoms with Crippen LogP contribution in [0.15, 0.2) is 83.8 Å². The highest BCUT2D eigenvalue weighted by Crippen LogP contribution is 2.34. The summed E-state index contributed by atoms with van der Waals surface area (Å²) in [6.07, 6.45) is 5.24. The van der Waals surface area contributed by atoms with E-state index in [1.807, 2.05) is 48.8 Å². The Labute approximate surface area is 128 Å². The molecule has 0 amide bonds. The van der Waals surface area contributed by atoms with Gasteiger partial charge in [-0.25, -0.2) is 9.97 Å². The predicted molar refractivity (Wildman–Crippen MR) is 85.6 cm³/mol. The molecule has 4 rings (SSSR count). The van der Waals surface area contributed by atoms with E-state index in [-0.39, 0.29) is 5.92 Å². The fraction of sp³-hybridized carbons (Fsp3) is 0.0526. The fourth-order valence-corrected chi connectivity index (χ4v) is 2.77. The lowest BCUT2D eigenvalue weighted by Gasteiger charge is -2.14. The Kier molecular flexibility index (Phi) is 3.16. The lowest BCUT2D eigenvalue weighted by molar-refractivity contribution is 0.541. The molecule has 106 valence electrons. The summed E-state index contributed by atoms with van der Waals surface area (Å²) < 4.78 is 6.08. The van der Waals surface area contributed by atoms with E-state index in [0.717, 1.165) is 27.9 Å². The van der Waals surface area contributed by atoms with E-state index in [1.165, 1.54) is 0 Å². The Morgan fingerprint density at radius 1 is 0.773 bits per heavy atom. The summed E-state index contributed by atoms with van der Waals surface area (Å²) in [4.78, 5) is 8.32. The van der Waals surface area contributed by atoms with Gasteiger partial charge in [-0.05, 0) is 17.7 Å². The van der Waals surface area contributed by atoms with Crippen molar-refractivity contribution in [3.8, 4) is 0 Å². The van der Waals surface area contributed by atoms with Crippen LogP contribution in [-0.2, 0) is 0 Å². The predicted octanol–water partition coefficient (Wildman–Crippen LogP) is 4.40. The van der Waals surface area contributed by atoms with Crippen LogP contribution in [0.2, 0.25) is 0 Å². The van der Waals surface area contributed by atoms with E-state index >= 15 is 0 Å². The van der Waals surface area contributed by atoms with Crippen molar-refractivity contribution >= 4 is 11.0 Å². The topological polar surface area (TPSA) is 38.9 Å². The first-order valence-electron chi connectivity index (χ1n) is 7.20. The number of furan rings is 1. The molecule has 4 aromatic rings. The lowest BCUT2D eigenvalue weighted by Crippen LogP contribution is -2.03. The minimum Gasteiger partial charge on any atom is -0.460 e. The van der Waals surface area contributed by atoms with Crippen molar-refractivity contribution in [1.82, 2.24) is 9.97 Å². The summed E-state index contributed by atoms with van der Waals surface area (Å²) in [6.45, 7) is 0. The zero-order valence-electron chi connectivity index (χ0n) is 11.9. The molecule has 2 aromatic carbocycles. The largest absolute Gasteiger partial charge is 0.460 e. The van der Waals surface area contributed by atoms with Gasteiger partial charge in [0, 0.05) is 23.3 Å². The molecule has 1 atom stereocenters. The average Bonchev–Trinajstić information content (AvgIpc) is 3.00. The quantitative estimate of drug-likeness (QED) is 0.560. The summed E-state index contributed by atoms with van der Waals surface area (Å²) in [7, 11) is 0. The number of rotatable bonds is 3. The molecule has 0 saturated heterocycles. The molecule has 3 nitrogen and oxygen atoms in total. The Morgan fingerprint density at radius 3 is 2.27 bits per heavy atom. The van der Waals surface area contributed by atoms with Gasteiger partial charge in [0.25, 0.3) is 0 Å². The Balaban J connectivity index is 1.90. The maximum Gasteiger partial charge on any atom is 0.134 e. The van der Waals surface area contributed by atoms with E-state index in [1.54, 1.807) is 6.33 Å². The monoisotopic (exact) mass is 286 g/mol. The van der Waals surface area contributed by atoms with Gasteiger partial charge >= 0.3 is 0 Å². The van der Waals surface area contributed by atoms with Crippen LogP contribution in [0.4, 0.5) is 0 Å². The summed E-state index contributed by atoms with van der Waals surface area (Å²) in [6, 6.07) is 20.4. The SMILES string of the molecule is c1ccc(C(c2cncnc2)c2cc3ccccc3o2)cc1. The first-order valence-corrected chi connectivity index (χ1v) is 7.20. The molecule has 0 radical (unpaired) electrons. The Hall–Kier alpha value is -2.94. The minimum absolute atomic E-state index is 0.00481. The summed E-state index contributed by atoms with van der Waals surface area (Å²) in [5, 5.41) is 1.11. The van der Waals surface area contributed by atoms with Gasteiger partial charge in [-0.3, -0.25) is 0 Å². The number of fused-ring (bicyclic) bond motifs is 1. The number of para-hydroxylation sites is 1. The number of nitrogens with zero attached hydrogens (tertiary/aromatic N) is 2. The molecule has 3 heteroatoms. The van der Waals surface area contributed by atoms with Gasteiger partial charge in [0.15, 0.2) is 0 Å². The van der Waals surface area contributed by atoms with Crippen molar-refractivity contribution in [3.05, 3.63) is 96.3 Å². The van der Waals surface area contributed by atoms with Crippen molar-refractivity contribution in [3.63, 3.8) is 0 Å². The van der Waals surface area contributed by atoms with Crippen LogP contribution >= 0.6 is 0 Å². The van der Waals surface area contributed by atoms with Crippen LogP contribution in [0.3, 0.4) is 0 Å². The number of benzene rings is 2. The molecule has 22 heavy (non-hydrogen) atoms. The molecule has 0 spiro atoms. The van der Waals surface area contributed by atoms with Crippen LogP contribution in [0, 0.1) is 0 Å². The Bertz CT molecular complexity index is 812. The number of hydrogen-bond donors (Lipinski definition) is 0. The van der Waals surface area contributed by atoms with Gasteiger partial charge in [-0.1, -0.05) is 48.5 Å². The third-order valence-electron chi connectivity index (χ3n) is 3.78. The van der Waals surface area contributed by atoms with Crippen molar-refractivity contribution in [1.29, 1.82) is 0 Å². The third-order valence-corrected chi connectivity index (χ3v) is 3.78. The molecular formula is C19H14N2O. The highest BCUT2D eigenvalue weighted by Gasteiger charge is 2.21. The summed E-state index contributed by atoms with van der Waals surface area (Å²) in [5.41, 5.74) is 3.08. The fourth-order valence-electron chi connectivity index (χ4n) is 2.77. The highest BCUT2D eigenvalue weighted by molar-refractivity contribution is 5.78. The van der Waals surface area contributed by atoms with Crippen molar-refractivity contribution < 1.29 is 4.42 Å². The molecule has 2 aromatic heterocycles. The van der Waals surface area contributed by atoms with Crippen molar-refractivity contribution in [2.24, 2.45) is 0 Å². The van der Waals surface area contributed by atoms with Gasteiger partial charge in [-0.2, -0.15) is 0 Å².